The molecule has 0 fully saturated rings. The number of hydrogen-bond acceptors (Lipinski definition) is 4. The van der Waals surface area contributed by atoms with Gasteiger partial charge >= 0.3 is 0 Å². The molecule has 0 saturated carbocycles. The molecule has 0 saturated heterocycles. The Morgan fingerprint density at radius 2 is 1.75 bits per heavy atom. The van der Waals surface area contributed by atoms with Gasteiger partial charge in [-0.1, -0.05) is 18.2 Å². The van der Waals surface area contributed by atoms with E-state index in [1.807, 2.05) is 12.1 Å². The summed E-state index contributed by atoms with van der Waals surface area (Å²) in [6.45, 7) is 1.19. The number of nitrogens with zero attached hydrogens (tertiary/aromatic N) is 2. The Bertz CT molecular complexity index is 445. The summed E-state index contributed by atoms with van der Waals surface area (Å²) in [6.07, 6.45) is 3.42. The SMILES string of the molecule is Oc1ccccc1CNCc1ncccn1. The van der Waals surface area contributed by atoms with Gasteiger partial charge in [0.15, 0.2) is 0 Å². The molecule has 0 amide bonds. The lowest BCUT2D eigenvalue weighted by Gasteiger charge is -2.05. The average molecular weight is 215 g/mol. The molecule has 16 heavy (non-hydrogen) atoms. The lowest BCUT2D eigenvalue weighted by atomic mass is 10.2. The Balaban J connectivity index is 1.87. The minimum Gasteiger partial charge on any atom is -0.508 e. The van der Waals surface area contributed by atoms with Gasteiger partial charge < -0.3 is 10.4 Å². The number of phenolic OH excluding ortho intramolecular Hbond substituents is 1. The Labute approximate surface area is 94.0 Å². The zero-order valence-electron chi connectivity index (χ0n) is 8.80. The lowest BCUT2D eigenvalue weighted by Crippen LogP contribution is -2.14. The van der Waals surface area contributed by atoms with Crippen LogP contribution in [0.25, 0.3) is 0 Å². The van der Waals surface area contributed by atoms with E-state index in [2.05, 4.69) is 15.3 Å². The zero-order valence-corrected chi connectivity index (χ0v) is 8.80. The molecule has 2 rings (SSSR count). The van der Waals surface area contributed by atoms with E-state index in [1.54, 1.807) is 30.6 Å². The summed E-state index contributed by atoms with van der Waals surface area (Å²) < 4.78 is 0. The van der Waals surface area contributed by atoms with Gasteiger partial charge in [0.25, 0.3) is 0 Å². The van der Waals surface area contributed by atoms with Crippen LogP contribution in [0.3, 0.4) is 0 Å². The fourth-order valence-corrected chi connectivity index (χ4v) is 1.39. The molecule has 0 radical (unpaired) electrons. The van der Waals surface area contributed by atoms with Gasteiger partial charge in [0, 0.05) is 24.5 Å². The second-order valence-electron chi connectivity index (χ2n) is 3.40. The summed E-state index contributed by atoms with van der Waals surface area (Å²) in [6, 6.07) is 9.05. The fourth-order valence-electron chi connectivity index (χ4n) is 1.39. The quantitative estimate of drug-likeness (QED) is 0.811. The molecule has 0 atom stereocenters. The summed E-state index contributed by atoms with van der Waals surface area (Å²) in [7, 11) is 0. The average Bonchev–Trinajstić information content (AvgIpc) is 2.33. The third-order valence-corrected chi connectivity index (χ3v) is 2.21. The predicted octanol–water partition coefficient (Wildman–Crippen LogP) is 1.47. The molecule has 1 heterocycles. The smallest absolute Gasteiger partial charge is 0.141 e. The number of phenols is 1. The highest BCUT2D eigenvalue weighted by molar-refractivity contribution is 5.31. The van der Waals surface area contributed by atoms with Gasteiger partial charge in [0.05, 0.1) is 6.54 Å². The standard InChI is InChI=1S/C12H13N3O/c16-11-5-2-1-4-10(11)8-13-9-12-14-6-3-7-15-12/h1-7,13,16H,8-9H2. The van der Waals surface area contributed by atoms with Gasteiger partial charge in [0.1, 0.15) is 11.6 Å². The Morgan fingerprint density at radius 1 is 1.00 bits per heavy atom. The van der Waals surface area contributed by atoms with Crippen molar-refractivity contribution in [1.29, 1.82) is 0 Å². The maximum Gasteiger partial charge on any atom is 0.141 e. The molecule has 4 heteroatoms. The molecule has 2 N–H and O–H groups in total. The van der Waals surface area contributed by atoms with Crippen LogP contribution in [0, 0.1) is 0 Å². The molecule has 1 aromatic heterocycles. The van der Waals surface area contributed by atoms with Crippen molar-refractivity contribution in [3.63, 3.8) is 0 Å². The van der Waals surface area contributed by atoms with Crippen molar-refractivity contribution in [3.8, 4) is 5.75 Å². The van der Waals surface area contributed by atoms with Crippen LogP contribution >= 0.6 is 0 Å². The minimum absolute atomic E-state index is 0.309. The van der Waals surface area contributed by atoms with Gasteiger partial charge in [-0.05, 0) is 12.1 Å². The van der Waals surface area contributed by atoms with E-state index in [0.29, 0.717) is 18.8 Å². The molecule has 82 valence electrons. The highest BCUT2D eigenvalue weighted by Crippen LogP contribution is 2.14. The van der Waals surface area contributed by atoms with Crippen molar-refractivity contribution >= 4 is 0 Å². The van der Waals surface area contributed by atoms with Crippen molar-refractivity contribution in [2.45, 2.75) is 13.1 Å². The zero-order chi connectivity index (χ0) is 11.2. The molecular weight excluding hydrogens is 202 g/mol. The topological polar surface area (TPSA) is 58.0 Å². The Kier molecular flexibility index (Phi) is 3.46. The third kappa shape index (κ3) is 2.77. The van der Waals surface area contributed by atoms with Crippen molar-refractivity contribution in [2.75, 3.05) is 0 Å². The van der Waals surface area contributed by atoms with E-state index < -0.39 is 0 Å². The van der Waals surface area contributed by atoms with Gasteiger partial charge in [-0.25, -0.2) is 9.97 Å². The first kappa shape index (κ1) is 10.6. The molecule has 0 unspecified atom stereocenters. The second kappa shape index (κ2) is 5.23. The minimum atomic E-state index is 0.309. The largest absolute Gasteiger partial charge is 0.508 e. The molecule has 0 bridgehead atoms. The first-order valence-electron chi connectivity index (χ1n) is 5.10. The van der Waals surface area contributed by atoms with Crippen molar-refractivity contribution in [1.82, 2.24) is 15.3 Å². The summed E-state index contributed by atoms with van der Waals surface area (Å²) in [5.74, 6) is 1.06. The molecule has 4 nitrogen and oxygen atoms in total. The van der Waals surface area contributed by atoms with Crippen molar-refractivity contribution < 1.29 is 5.11 Å². The summed E-state index contributed by atoms with van der Waals surface area (Å²) >= 11 is 0. The van der Waals surface area contributed by atoms with E-state index >= 15 is 0 Å². The molecule has 0 aliphatic rings. The number of nitrogens with one attached hydrogen (secondary N) is 1. The Morgan fingerprint density at radius 3 is 2.50 bits per heavy atom. The van der Waals surface area contributed by atoms with E-state index in [-0.39, 0.29) is 0 Å². The number of rotatable bonds is 4. The molecular formula is C12H13N3O. The van der Waals surface area contributed by atoms with Crippen LogP contribution in [0.2, 0.25) is 0 Å². The third-order valence-electron chi connectivity index (χ3n) is 2.21. The molecule has 0 spiro atoms. The van der Waals surface area contributed by atoms with E-state index in [1.165, 1.54) is 0 Å². The van der Waals surface area contributed by atoms with Crippen LogP contribution in [0.1, 0.15) is 11.4 Å². The van der Waals surface area contributed by atoms with Crippen LogP contribution in [-0.4, -0.2) is 15.1 Å². The summed E-state index contributed by atoms with van der Waals surface area (Å²) in [5.41, 5.74) is 0.874. The van der Waals surface area contributed by atoms with Crippen LogP contribution < -0.4 is 5.32 Å². The van der Waals surface area contributed by atoms with Gasteiger partial charge in [-0.3, -0.25) is 0 Å². The van der Waals surface area contributed by atoms with Crippen LogP contribution in [0.5, 0.6) is 5.75 Å². The van der Waals surface area contributed by atoms with Crippen LogP contribution in [-0.2, 0) is 13.1 Å². The first-order chi connectivity index (χ1) is 7.86. The number of aromatic nitrogens is 2. The summed E-state index contributed by atoms with van der Waals surface area (Å²) in [5, 5.41) is 12.7. The Hall–Kier alpha value is -1.94. The maximum absolute atomic E-state index is 9.54. The van der Waals surface area contributed by atoms with Crippen molar-refractivity contribution in [3.05, 3.63) is 54.1 Å². The molecule has 2 aromatic rings. The van der Waals surface area contributed by atoms with E-state index in [9.17, 15) is 5.11 Å². The maximum atomic E-state index is 9.54. The van der Waals surface area contributed by atoms with Crippen molar-refractivity contribution in [2.24, 2.45) is 0 Å². The fraction of sp³-hybridized carbons (Fsp3) is 0.167. The molecule has 0 aliphatic heterocycles. The number of para-hydroxylation sites is 1. The van der Waals surface area contributed by atoms with Gasteiger partial charge in [-0.2, -0.15) is 0 Å². The van der Waals surface area contributed by atoms with E-state index in [4.69, 9.17) is 0 Å². The molecule has 0 aliphatic carbocycles. The number of aromatic hydroxyl groups is 1. The molecule has 1 aromatic carbocycles. The first-order valence-corrected chi connectivity index (χ1v) is 5.10. The highest BCUT2D eigenvalue weighted by Gasteiger charge is 1.99. The monoisotopic (exact) mass is 215 g/mol. The van der Waals surface area contributed by atoms with E-state index in [0.717, 1.165) is 11.4 Å². The van der Waals surface area contributed by atoms with Crippen LogP contribution in [0.15, 0.2) is 42.7 Å². The van der Waals surface area contributed by atoms with Gasteiger partial charge in [0.2, 0.25) is 0 Å². The lowest BCUT2D eigenvalue weighted by molar-refractivity contribution is 0.464. The highest BCUT2D eigenvalue weighted by atomic mass is 16.3. The summed E-state index contributed by atoms with van der Waals surface area (Å²) in [4.78, 5) is 8.19. The predicted molar refractivity (Wildman–Crippen MR) is 60.7 cm³/mol. The number of benzene rings is 1. The van der Waals surface area contributed by atoms with Gasteiger partial charge in [-0.15, -0.1) is 0 Å². The second-order valence-corrected chi connectivity index (χ2v) is 3.40. The van der Waals surface area contributed by atoms with Crippen LogP contribution in [0.4, 0.5) is 0 Å². The normalized spacial score (nSPS) is 10.2. The number of hydrogen-bond donors (Lipinski definition) is 2.